The molecule has 3 aromatic rings. The number of nitrogens with zero attached hydrogens (tertiary/aromatic N) is 3. The third-order valence-electron chi connectivity index (χ3n) is 3.44. The zero-order chi connectivity index (χ0) is 13.4. The van der Waals surface area contributed by atoms with E-state index in [4.69, 9.17) is 5.26 Å². The monoisotopic (exact) mass is 267 g/mol. The van der Waals surface area contributed by atoms with Gasteiger partial charge in [0.05, 0.1) is 18.2 Å². The summed E-state index contributed by atoms with van der Waals surface area (Å²) in [6.07, 6.45) is 0.383. The molecule has 0 spiro atoms. The number of aryl methyl sites for hydroxylation is 1. The van der Waals surface area contributed by atoms with Crippen LogP contribution in [0.1, 0.15) is 10.7 Å². The van der Waals surface area contributed by atoms with Gasteiger partial charge in [-0.3, -0.25) is 0 Å². The average molecular weight is 267 g/mol. The molecule has 0 saturated carbocycles. The van der Waals surface area contributed by atoms with Crippen LogP contribution < -0.4 is 0 Å². The van der Waals surface area contributed by atoms with Crippen LogP contribution in [-0.4, -0.2) is 9.55 Å². The summed E-state index contributed by atoms with van der Waals surface area (Å²) in [7, 11) is 2.07. The predicted molar refractivity (Wildman–Crippen MR) is 78.1 cm³/mol. The molecule has 2 heterocycles. The molecule has 0 saturated heterocycles. The molecule has 0 N–H and O–H groups in total. The highest BCUT2D eigenvalue weighted by atomic mass is 32.1. The number of benzene rings is 1. The third kappa shape index (κ3) is 1.83. The second-order valence-corrected chi connectivity index (χ2v) is 5.44. The Bertz CT molecular complexity index is 789. The van der Waals surface area contributed by atoms with Crippen LogP contribution in [-0.2, 0) is 13.5 Å². The summed E-state index contributed by atoms with van der Waals surface area (Å²) in [6.45, 7) is 2.11. The van der Waals surface area contributed by atoms with Crippen LogP contribution in [0.15, 0.2) is 29.6 Å². The molecule has 3 rings (SSSR count). The lowest BCUT2D eigenvalue weighted by atomic mass is 10.1. The average Bonchev–Trinajstić information content (AvgIpc) is 2.96. The Balaban J connectivity index is 2.24. The van der Waals surface area contributed by atoms with Crippen LogP contribution in [0.4, 0.5) is 0 Å². The fourth-order valence-electron chi connectivity index (χ4n) is 2.42. The molecule has 94 valence electrons. The van der Waals surface area contributed by atoms with Gasteiger partial charge in [-0.15, -0.1) is 11.3 Å². The number of aromatic nitrogens is 2. The van der Waals surface area contributed by atoms with Gasteiger partial charge in [-0.05, 0) is 13.0 Å². The molecule has 0 radical (unpaired) electrons. The molecule has 2 aromatic heterocycles. The van der Waals surface area contributed by atoms with Gasteiger partial charge in [0, 0.05) is 34.6 Å². The molecule has 0 atom stereocenters. The number of hydrogen-bond acceptors (Lipinski definition) is 3. The van der Waals surface area contributed by atoms with Crippen molar-refractivity contribution in [3.05, 3.63) is 40.3 Å². The first-order valence-corrected chi connectivity index (χ1v) is 6.96. The minimum atomic E-state index is 0.383. The Morgan fingerprint density at radius 2 is 2.16 bits per heavy atom. The van der Waals surface area contributed by atoms with Crippen LogP contribution >= 0.6 is 11.3 Å². The molecule has 0 aliphatic rings. The summed E-state index contributed by atoms with van der Waals surface area (Å²) < 4.78 is 2.19. The van der Waals surface area contributed by atoms with E-state index in [0.717, 1.165) is 10.7 Å². The second-order valence-electron chi connectivity index (χ2n) is 4.50. The molecule has 0 amide bonds. The minimum absolute atomic E-state index is 0.383. The third-order valence-corrected chi connectivity index (χ3v) is 4.29. The molecule has 3 nitrogen and oxygen atoms in total. The van der Waals surface area contributed by atoms with Crippen LogP contribution in [0.5, 0.6) is 0 Å². The Hall–Kier alpha value is -2.12. The van der Waals surface area contributed by atoms with Crippen LogP contribution in [0.3, 0.4) is 0 Å². The molecule has 0 aliphatic heterocycles. The van der Waals surface area contributed by atoms with Gasteiger partial charge in [0.2, 0.25) is 0 Å². The zero-order valence-corrected chi connectivity index (χ0v) is 11.7. The highest BCUT2D eigenvalue weighted by Gasteiger charge is 2.15. The fourth-order valence-corrected chi connectivity index (χ4v) is 3.14. The molecule has 0 aliphatic carbocycles. The first-order valence-electron chi connectivity index (χ1n) is 6.08. The number of nitriles is 1. The van der Waals surface area contributed by atoms with Gasteiger partial charge in [0.25, 0.3) is 0 Å². The highest BCUT2D eigenvalue weighted by molar-refractivity contribution is 7.10. The Kier molecular flexibility index (Phi) is 2.84. The SMILES string of the molecule is Cc1c(-c2csc(CC#N)n2)c2ccccc2n1C. The fraction of sp³-hybridized carbons (Fsp3) is 0.200. The lowest BCUT2D eigenvalue weighted by Crippen LogP contribution is -1.90. The largest absolute Gasteiger partial charge is 0.347 e. The Morgan fingerprint density at radius 1 is 1.37 bits per heavy atom. The second kappa shape index (κ2) is 4.52. The summed E-state index contributed by atoms with van der Waals surface area (Å²) >= 11 is 1.55. The minimum Gasteiger partial charge on any atom is -0.347 e. The van der Waals surface area contributed by atoms with Gasteiger partial charge >= 0.3 is 0 Å². The molecule has 0 bridgehead atoms. The van der Waals surface area contributed by atoms with E-state index in [0.29, 0.717) is 6.42 Å². The molecule has 19 heavy (non-hydrogen) atoms. The van der Waals surface area contributed by atoms with E-state index in [1.165, 1.54) is 22.2 Å². The maximum Gasteiger partial charge on any atom is 0.107 e. The van der Waals surface area contributed by atoms with Crippen molar-refractivity contribution >= 4 is 22.2 Å². The predicted octanol–water partition coefficient (Wildman–Crippen LogP) is 3.68. The molecular formula is C15H13N3S. The molecule has 0 fully saturated rings. The number of thiazole rings is 1. The van der Waals surface area contributed by atoms with Crippen LogP contribution in [0, 0.1) is 18.3 Å². The van der Waals surface area contributed by atoms with Crippen LogP contribution in [0.2, 0.25) is 0 Å². The van der Waals surface area contributed by atoms with Crippen molar-refractivity contribution in [1.29, 1.82) is 5.26 Å². The molecular weight excluding hydrogens is 254 g/mol. The Morgan fingerprint density at radius 3 is 2.95 bits per heavy atom. The number of rotatable bonds is 2. The van der Waals surface area contributed by atoms with Crippen molar-refractivity contribution in [3.63, 3.8) is 0 Å². The molecule has 4 heteroatoms. The van der Waals surface area contributed by atoms with Crippen molar-refractivity contribution in [2.75, 3.05) is 0 Å². The maximum absolute atomic E-state index is 8.74. The normalized spacial score (nSPS) is 10.8. The van der Waals surface area contributed by atoms with Crippen LogP contribution in [0.25, 0.3) is 22.2 Å². The molecule has 1 aromatic carbocycles. The lowest BCUT2D eigenvalue weighted by Gasteiger charge is -1.98. The smallest absolute Gasteiger partial charge is 0.107 e. The first kappa shape index (κ1) is 11.9. The number of fused-ring (bicyclic) bond motifs is 1. The van der Waals surface area contributed by atoms with Crippen molar-refractivity contribution in [3.8, 4) is 17.3 Å². The highest BCUT2D eigenvalue weighted by Crippen LogP contribution is 2.34. The van der Waals surface area contributed by atoms with Gasteiger partial charge in [0.1, 0.15) is 5.01 Å². The van der Waals surface area contributed by atoms with Crippen molar-refractivity contribution in [1.82, 2.24) is 9.55 Å². The van der Waals surface area contributed by atoms with Crippen molar-refractivity contribution in [2.45, 2.75) is 13.3 Å². The summed E-state index contributed by atoms with van der Waals surface area (Å²) in [5.41, 5.74) is 4.57. The van der Waals surface area contributed by atoms with Gasteiger partial charge in [-0.1, -0.05) is 18.2 Å². The molecule has 0 unspecified atom stereocenters. The zero-order valence-electron chi connectivity index (χ0n) is 10.8. The van der Waals surface area contributed by atoms with E-state index in [-0.39, 0.29) is 0 Å². The van der Waals surface area contributed by atoms with Crippen molar-refractivity contribution in [2.24, 2.45) is 7.05 Å². The Labute approximate surface area is 115 Å². The van der Waals surface area contributed by atoms with Gasteiger partial charge in [-0.2, -0.15) is 5.26 Å². The summed E-state index contributed by atoms with van der Waals surface area (Å²) in [5.74, 6) is 0. The van der Waals surface area contributed by atoms with Gasteiger partial charge < -0.3 is 4.57 Å². The first-order chi connectivity index (χ1) is 9.22. The number of para-hydroxylation sites is 1. The van der Waals surface area contributed by atoms with E-state index in [2.05, 4.69) is 41.7 Å². The van der Waals surface area contributed by atoms with E-state index < -0.39 is 0 Å². The van der Waals surface area contributed by atoms with E-state index in [1.807, 2.05) is 17.5 Å². The summed E-state index contributed by atoms with van der Waals surface area (Å²) in [5, 5.41) is 12.9. The van der Waals surface area contributed by atoms with E-state index >= 15 is 0 Å². The quantitative estimate of drug-likeness (QED) is 0.710. The van der Waals surface area contributed by atoms with Crippen molar-refractivity contribution < 1.29 is 0 Å². The summed E-state index contributed by atoms with van der Waals surface area (Å²) in [6, 6.07) is 10.5. The van der Waals surface area contributed by atoms with E-state index in [1.54, 1.807) is 11.3 Å². The number of hydrogen-bond donors (Lipinski definition) is 0. The standard InChI is InChI=1S/C15H13N3S/c1-10-15(12-9-19-14(17-12)7-8-16)11-5-3-4-6-13(11)18(10)2/h3-6,9H,7H2,1-2H3. The summed E-state index contributed by atoms with van der Waals surface area (Å²) in [4.78, 5) is 4.58. The lowest BCUT2D eigenvalue weighted by molar-refractivity contribution is 0.919. The topological polar surface area (TPSA) is 41.6 Å². The maximum atomic E-state index is 8.74. The van der Waals surface area contributed by atoms with Gasteiger partial charge in [-0.25, -0.2) is 4.98 Å². The van der Waals surface area contributed by atoms with Gasteiger partial charge in [0.15, 0.2) is 0 Å². The van der Waals surface area contributed by atoms with E-state index in [9.17, 15) is 0 Å².